The van der Waals surface area contributed by atoms with Gasteiger partial charge < -0.3 is 34.4 Å². The molecule has 2 aromatic carbocycles. The van der Waals surface area contributed by atoms with Gasteiger partial charge in [0, 0.05) is 29.9 Å². The Morgan fingerprint density at radius 3 is 2.43 bits per heavy atom. The van der Waals surface area contributed by atoms with Crippen LogP contribution >= 0.6 is 0 Å². The number of hydrogen-bond acceptors (Lipinski definition) is 8. The number of fused-ring (bicyclic) bond motifs is 6. The molecule has 3 N–H and O–H groups in total. The van der Waals surface area contributed by atoms with E-state index >= 15 is 0 Å². The van der Waals surface area contributed by atoms with E-state index in [2.05, 4.69) is 45.6 Å². The zero-order chi connectivity index (χ0) is 37.9. The number of imidazole rings is 2. The van der Waals surface area contributed by atoms with Crippen molar-refractivity contribution < 1.29 is 28.6 Å². The standard InChI is InChI=1S/C41H49N7O6/c1-22(2)34(46-39(50)52-6)38(49)47-15-7-9-31(47)36-42-20-30(44-36)24-11-13-26-25(17-24)21-53-33-19-27-23(18-28(26)33)12-14-29-35(27)45-37(43-29)32-10-8-16-48(32)40(51)54-41(3,4)5/h11,13,17-20,22,31-32,34H,7-10,12,14-16,21H2,1-6H3,(H,42,44)(H,43,45)(H,46,50)/t31?,32-,34?/m0/s1. The molecule has 2 aromatic heterocycles. The van der Waals surface area contributed by atoms with E-state index in [1.165, 1.54) is 12.7 Å². The number of likely N-dealkylation sites (tertiary alicyclic amines) is 2. The number of nitrogens with one attached hydrogen (secondary N) is 3. The first-order chi connectivity index (χ1) is 25.9. The zero-order valence-corrected chi connectivity index (χ0v) is 31.9. The molecule has 4 aromatic rings. The number of benzene rings is 2. The molecule has 2 saturated heterocycles. The monoisotopic (exact) mass is 735 g/mol. The summed E-state index contributed by atoms with van der Waals surface area (Å²) in [7, 11) is 1.30. The molecule has 2 fully saturated rings. The molecule has 8 rings (SSSR count). The Balaban J connectivity index is 1.01. The number of aromatic amines is 2. The first kappa shape index (κ1) is 35.7. The summed E-state index contributed by atoms with van der Waals surface area (Å²) < 4.78 is 16.9. The summed E-state index contributed by atoms with van der Waals surface area (Å²) in [5, 5.41) is 2.71. The minimum Gasteiger partial charge on any atom is -0.488 e. The fraction of sp³-hybridized carbons (Fsp3) is 0.488. The number of H-pyrrole nitrogens is 2. The maximum absolute atomic E-state index is 13.6. The molecule has 0 saturated carbocycles. The van der Waals surface area contributed by atoms with Crippen LogP contribution in [-0.4, -0.2) is 79.7 Å². The van der Waals surface area contributed by atoms with Crippen LogP contribution in [0.4, 0.5) is 9.59 Å². The summed E-state index contributed by atoms with van der Waals surface area (Å²) in [4.78, 5) is 59.2. The highest BCUT2D eigenvalue weighted by Crippen LogP contribution is 2.45. The normalized spacial score (nSPS) is 19.4. The van der Waals surface area contributed by atoms with E-state index in [4.69, 9.17) is 24.2 Å². The predicted molar refractivity (Wildman–Crippen MR) is 202 cm³/mol. The second-order valence-corrected chi connectivity index (χ2v) is 16.2. The Hall–Kier alpha value is -5.33. The molecular formula is C41H49N7O6. The molecule has 3 aliphatic heterocycles. The number of nitrogens with zero attached hydrogens (tertiary/aromatic N) is 4. The van der Waals surface area contributed by atoms with Gasteiger partial charge in [0.25, 0.3) is 0 Å². The Morgan fingerprint density at radius 1 is 0.926 bits per heavy atom. The van der Waals surface area contributed by atoms with E-state index in [9.17, 15) is 14.4 Å². The van der Waals surface area contributed by atoms with Crippen LogP contribution in [0.15, 0.2) is 36.5 Å². The molecule has 2 unspecified atom stereocenters. The number of alkyl carbamates (subject to hydrolysis) is 1. The van der Waals surface area contributed by atoms with E-state index in [-0.39, 0.29) is 30.0 Å². The average molecular weight is 736 g/mol. The molecule has 0 radical (unpaired) electrons. The van der Waals surface area contributed by atoms with Gasteiger partial charge in [-0.05, 0) is 106 Å². The predicted octanol–water partition coefficient (Wildman–Crippen LogP) is 7.24. The smallest absolute Gasteiger partial charge is 0.410 e. The van der Waals surface area contributed by atoms with Gasteiger partial charge in [-0.3, -0.25) is 9.69 Å². The van der Waals surface area contributed by atoms with Gasteiger partial charge in [0.15, 0.2) is 0 Å². The number of hydrogen-bond donors (Lipinski definition) is 3. The molecular weight excluding hydrogens is 686 g/mol. The number of methoxy groups -OCH3 is 1. The van der Waals surface area contributed by atoms with Crippen molar-refractivity contribution in [1.29, 1.82) is 0 Å². The lowest BCUT2D eigenvalue weighted by atomic mass is 9.86. The minimum absolute atomic E-state index is 0.102. The van der Waals surface area contributed by atoms with Crippen molar-refractivity contribution in [2.75, 3.05) is 20.2 Å². The van der Waals surface area contributed by atoms with Crippen LogP contribution < -0.4 is 10.1 Å². The lowest BCUT2D eigenvalue weighted by molar-refractivity contribution is -0.135. The number of carbonyl (C=O) groups excluding carboxylic acids is 3. The van der Waals surface area contributed by atoms with Gasteiger partial charge in [-0.15, -0.1) is 0 Å². The van der Waals surface area contributed by atoms with Gasteiger partial charge in [-0.2, -0.15) is 0 Å². The van der Waals surface area contributed by atoms with Crippen LogP contribution in [0.2, 0.25) is 0 Å². The Bertz CT molecular complexity index is 2110. The third-order valence-corrected chi connectivity index (χ3v) is 11.0. The molecule has 3 atom stereocenters. The second-order valence-electron chi connectivity index (χ2n) is 16.2. The lowest BCUT2D eigenvalue weighted by Crippen LogP contribution is -2.51. The first-order valence-corrected chi connectivity index (χ1v) is 19.1. The van der Waals surface area contributed by atoms with Gasteiger partial charge in [-0.1, -0.05) is 26.0 Å². The van der Waals surface area contributed by atoms with Crippen molar-refractivity contribution in [3.63, 3.8) is 0 Å². The second kappa shape index (κ2) is 13.8. The number of rotatable bonds is 6. The number of amides is 3. The molecule has 54 heavy (non-hydrogen) atoms. The highest BCUT2D eigenvalue weighted by molar-refractivity contribution is 5.87. The Morgan fingerprint density at radius 2 is 1.69 bits per heavy atom. The molecule has 3 amide bonds. The summed E-state index contributed by atoms with van der Waals surface area (Å²) in [5.41, 5.74) is 8.92. The third-order valence-electron chi connectivity index (χ3n) is 11.0. The number of aromatic nitrogens is 4. The van der Waals surface area contributed by atoms with Gasteiger partial charge >= 0.3 is 12.2 Å². The molecule has 0 spiro atoms. The molecule has 284 valence electrons. The van der Waals surface area contributed by atoms with Gasteiger partial charge in [0.1, 0.15) is 35.6 Å². The molecule has 13 nitrogen and oxygen atoms in total. The van der Waals surface area contributed by atoms with Crippen LogP contribution in [0.1, 0.15) is 101 Å². The molecule has 1 aliphatic carbocycles. The van der Waals surface area contributed by atoms with Crippen LogP contribution in [0, 0.1) is 5.92 Å². The largest absolute Gasteiger partial charge is 0.488 e. The van der Waals surface area contributed by atoms with Crippen LogP contribution in [0.5, 0.6) is 5.75 Å². The molecule has 0 bridgehead atoms. The van der Waals surface area contributed by atoms with Crippen molar-refractivity contribution in [1.82, 2.24) is 35.1 Å². The van der Waals surface area contributed by atoms with Crippen LogP contribution in [-0.2, 0) is 33.7 Å². The summed E-state index contributed by atoms with van der Waals surface area (Å²) in [6.45, 7) is 11.2. The molecule has 13 heteroatoms. The SMILES string of the molecule is COC(=O)NC(C(=O)N1CCCC1c1ncc(-c2ccc3c(c2)COc2cc4c(cc2-3)CCc2[nH]c([C@@H]3CCCN3C(=O)OC(C)(C)C)nc2-4)[nH]1)C(C)C. The number of ether oxygens (including phenoxy) is 3. The maximum Gasteiger partial charge on any atom is 0.410 e. The van der Waals surface area contributed by atoms with Crippen molar-refractivity contribution >= 4 is 18.1 Å². The van der Waals surface area contributed by atoms with Crippen molar-refractivity contribution in [2.45, 2.75) is 103 Å². The van der Waals surface area contributed by atoms with Crippen LogP contribution in [0.25, 0.3) is 33.6 Å². The van der Waals surface area contributed by atoms with E-state index in [1.807, 2.05) is 50.6 Å². The van der Waals surface area contributed by atoms with Gasteiger partial charge in [-0.25, -0.2) is 19.6 Å². The first-order valence-electron chi connectivity index (χ1n) is 19.1. The Kier molecular flexibility index (Phi) is 9.13. The minimum atomic E-state index is -0.686. The quantitative estimate of drug-likeness (QED) is 0.187. The maximum atomic E-state index is 13.6. The summed E-state index contributed by atoms with van der Waals surface area (Å²) >= 11 is 0. The van der Waals surface area contributed by atoms with E-state index in [0.29, 0.717) is 19.7 Å². The summed E-state index contributed by atoms with van der Waals surface area (Å²) in [6, 6.07) is 9.76. The highest BCUT2D eigenvalue weighted by Gasteiger charge is 2.39. The fourth-order valence-corrected chi connectivity index (χ4v) is 8.37. The van der Waals surface area contributed by atoms with Gasteiger partial charge in [0.05, 0.1) is 36.8 Å². The molecule has 5 heterocycles. The average Bonchev–Trinajstić information content (AvgIpc) is 3.97. The van der Waals surface area contributed by atoms with Crippen molar-refractivity contribution in [3.05, 3.63) is 65.0 Å². The van der Waals surface area contributed by atoms with Crippen molar-refractivity contribution in [3.8, 4) is 39.4 Å². The highest BCUT2D eigenvalue weighted by atomic mass is 16.6. The molecule has 4 aliphatic rings. The third kappa shape index (κ3) is 6.58. The van der Waals surface area contributed by atoms with Gasteiger partial charge in [0.2, 0.25) is 5.91 Å². The number of carbonyl (C=O) groups is 3. The van der Waals surface area contributed by atoms with Crippen LogP contribution in [0.3, 0.4) is 0 Å². The van der Waals surface area contributed by atoms with E-state index in [0.717, 1.165) is 101 Å². The number of aryl methyl sites for hydroxylation is 2. The Labute approximate surface area is 315 Å². The summed E-state index contributed by atoms with van der Waals surface area (Å²) in [5.74, 6) is 2.14. The lowest BCUT2D eigenvalue weighted by Gasteiger charge is -2.30. The van der Waals surface area contributed by atoms with E-state index in [1.54, 1.807) is 0 Å². The topological polar surface area (TPSA) is 155 Å². The van der Waals surface area contributed by atoms with Crippen molar-refractivity contribution in [2.24, 2.45) is 5.92 Å². The summed E-state index contributed by atoms with van der Waals surface area (Å²) in [6.07, 6.45) is 6.02. The fourth-order valence-electron chi connectivity index (χ4n) is 8.37. The zero-order valence-electron chi connectivity index (χ0n) is 31.9. The van der Waals surface area contributed by atoms with E-state index < -0.39 is 17.7 Å².